The molecular formula is C20H23N5O3. The van der Waals surface area contributed by atoms with Gasteiger partial charge in [-0.05, 0) is 30.3 Å². The van der Waals surface area contributed by atoms with Gasteiger partial charge in [-0.3, -0.25) is 15.0 Å². The van der Waals surface area contributed by atoms with Gasteiger partial charge in [-0.2, -0.15) is 0 Å². The predicted octanol–water partition coefficient (Wildman–Crippen LogP) is 3.18. The molecule has 28 heavy (non-hydrogen) atoms. The number of aromatic nitrogens is 1. The van der Waals surface area contributed by atoms with E-state index >= 15 is 0 Å². The Hall–Kier alpha value is -3.65. The highest BCUT2D eigenvalue weighted by molar-refractivity contribution is 6.04. The summed E-state index contributed by atoms with van der Waals surface area (Å²) in [6, 6.07) is 12.2. The summed E-state index contributed by atoms with van der Waals surface area (Å²) >= 11 is 0. The van der Waals surface area contributed by atoms with Gasteiger partial charge in [-0.25, -0.2) is 10.8 Å². The Morgan fingerprint density at radius 1 is 1.11 bits per heavy atom. The number of anilines is 2. The van der Waals surface area contributed by atoms with E-state index in [-0.39, 0.29) is 17.3 Å². The summed E-state index contributed by atoms with van der Waals surface area (Å²) in [4.78, 5) is 27.5. The minimum atomic E-state index is -0.561. The smallest absolute Gasteiger partial charge is 0.269 e. The molecule has 2 heterocycles. The van der Waals surface area contributed by atoms with Crippen LogP contribution >= 0.6 is 0 Å². The first-order valence-electron chi connectivity index (χ1n) is 8.73. The van der Waals surface area contributed by atoms with Gasteiger partial charge in [0, 0.05) is 23.7 Å². The lowest BCUT2D eigenvalue weighted by molar-refractivity contribution is -0.114. The summed E-state index contributed by atoms with van der Waals surface area (Å²) in [5, 5.41) is 2.69. The van der Waals surface area contributed by atoms with E-state index in [9.17, 15) is 9.59 Å². The highest BCUT2D eigenvalue weighted by Gasteiger charge is 2.20. The highest BCUT2D eigenvalue weighted by atomic mass is 16.3. The normalized spacial score (nSPS) is 9.86. The number of hydrogen-bond donors (Lipinski definition) is 4. The monoisotopic (exact) mass is 381 g/mol. The first-order valence-corrected chi connectivity index (χ1v) is 8.73. The standard InChI is InChI=1S/C18H17N5O3.C2H6/c1-10(24)21-12-6-4-11(5-7-12)14-9-13(15-3-2-8-26-15)16(17(19)22-14)18(25)23-20;1-2/h2-9H,20H2,1H3,(H2,19,22)(H,21,24)(H,23,25);1-2H3. The lowest BCUT2D eigenvalue weighted by Crippen LogP contribution is -2.31. The van der Waals surface area contributed by atoms with Crippen LogP contribution in [0.15, 0.2) is 53.1 Å². The molecule has 6 N–H and O–H groups in total. The first-order chi connectivity index (χ1) is 13.5. The third-order valence-corrected chi connectivity index (χ3v) is 3.69. The van der Waals surface area contributed by atoms with Crippen molar-refractivity contribution < 1.29 is 14.0 Å². The van der Waals surface area contributed by atoms with Crippen molar-refractivity contribution in [1.82, 2.24) is 10.4 Å². The van der Waals surface area contributed by atoms with Crippen LogP contribution in [0.4, 0.5) is 11.5 Å². The molecule has 146 valence electrons. The van der Waals surface area contributed by atoms with Crippen LogP contribution in [0.5, 0.6) is 0 Å². The Morgan fingerprint density at radius 2 is 1.79 bits per heavy atom. The van der Waals surface area contributed by atoms with E-state index in [2.05, 4.69) is 15.7 Å². The summed E-state index contributed by atoms with van der Waals surface area (Å²) < 4.78 is 5.41. The number of nitrogens with two attached hydrogens (primary N) is 2. The molecular weight excluding hydrogens is 358 g/mol. The molecule has 0 atom stereocenters. The quantitative estimate of drug-likeness (QED) is 0.311. The van der Waals surface area contributed by atoms with Crippen molar-refractivity contribution in [2.75, 3.05) is 11.1 Å². The third-order valence-electron chi connectivity index (χ3n) is 3.69. The predicted molar refractivity (Wildman–Crippen MR) is 109 cm³/mol. The number of nitrogen functional groups attached to an aromatic ring is 2. The summed E-state index contributed by atoms with van der Waals surface area (Å²) in [6.45, 7) is 5.44. The van der Waals surface area contributed by atoms with Gasteiger partial charge in [0.25, 0.3) is 5.91 Å². The fourth-order valence-electron chi connectivity index (χ4n) is 2.58. The largest absolute Gasteiger partial charge is 0.464 e. The van der Waals surface area contributed by atoms with Crippen molar-refractivity contribution in [3.63, 3.8) is 0 Å². The lowest BCUT2D eigenvalue weighted by Gasteiger charge is -2.12. The maximum atomic E-state index is 12.1. The Labute approximate surface area is 162 Å². The van der Waals surface area contributed by atoms with E-state index in [1.807, 2.05) is 13.8 Å². The lowest BCUT2D eigenvalue weighted by atomic mass is 10.0. The molecule has 0 radical (unpaired) electrons. The van der Waals surface area contributed by atoms with Gasteiger partial charge in [-0.15, -0.1) is 0 Å². The van der Waals surface area contributed by atoms with Crippen molar-refractivity contribution in [2.24, 2.45) is 5.84 Å². The fraction of sp³-hybridized carbons (Fsp3) is 0.150. The molecule has 0 aliphatic heterocycles. The van der Waals surface area contributed by atoms with E-state index in [0.29, 0.717) is 22.7 Å². The second-order valence-electron chi connectivity index (χ2n) is 5.52. The molecule has 3 aromatic rings. The Kier molecular flexibility index (Phi) is 6.89. The fourth-order valence-corrected chi connectivity index (χ4v) is 2.58. The average Bonchev–Trinajstić information content (AvgIpc) is 3.23. The zero-order valence-corrected chi connectivity index (χ0v) is 15.9. The van der Waals surface area contributed by atoms with Crippen LogP contribution in [-0.4, -0.2) is 16.8 Å². The summed E-state index contributed by atoms with van der Waals surface area (Å²) in [5.74, 6) is 5.03. The molecule has 0 fully saturated rings. The maximum absolute atomic E-state index is 12.1. The van der Waals surface area contributed by atoms with Crippen LogP contribution in [0.2, 0.25) is 0 Å². The van der Waals surface area contributed by atoms with E-state index in [1.165, 1.54) is 13.2 Å². The zero-order valence-electron chi connectivity index (χ0n) is 15.9. The molecule has 0 spiro atoms. The SMILES string of the molecule is CC.CC(=O)Nc1ccc(-c2cc(-c3ccco3)c(C(=O)NN)c(N)n2)cc1. The molecule has 8 heteroatoms. The van der Waals surface area contributed by atoms with E-state index in [0.717, 1.165) is 5.56 Å². The molecule has 0 bridgehead atoms. The second kappa shape index (κ2) is 9.33. The number of carbonyl (C=O) groups excluding carboxylic acids is 2. The van der Waals surface area contributed by atoms with Crippen molar-refractivity contribution in [2.45, 2.75) is 20.8 Å². The number of hydrazine groups is 1. The topological polar surface area (TPSA) is 136 Å². The number of nitrogens with one attached hydrogen (secondary N) is 2. The van der Waals surface area contributed by atoms with Gasteiger partial charge < -0.3 is 15.5 Å². The number of pyridine rings is 1. The molecule has 0 saturated carbocycles. The molecule has 8 nitrogen and oxygen atoms in total. The van der Waals surface area contributed by atoms with Crippen LogP contribution in [-0.2, 0) is 4.79 Å². The summed E-state index contributed by atoms with van der Waals surface area (Å²) in [7, 11) is 0. The number of hydrogen-bond acceptors (Lipinski definition) is 6. The Balaban J connectivity index is 0.00000136. The van der Waals surface area contributed by atoms with Gasteiger partial charge >= 0.3 is 0 Å². The summed E-state index contributed by atoms with van der Waals surface area (Å²) in [6.07, 6.45) is 1.50. The first kappa shape index (κ1) is 20.7. The maximum Gasteiger partial charge on any atom is 0.269 e. The second-order valence-corrected chi connectivity index (χ2v) is 5.52. The van der Waals surface area contributed by atoms with Crippen molar-refractivity contribution in [1.29, 1.82) is 0 Å². The minimum absolute atomic E-state index is 0.0304. The van der Waals surface area contributed by atoms with Gasteiger partial charge in [0.15, 0.2) is 0 Å². The number of amides is 2. The van der Waals surface area contributed by atoms with Crippen LogP contribution in [0.1, 0.15) is 31.1 Å². The molecule has 2 aromatic heterocycles. The molecule has 0 aliphatic rings. The van der Waals surface area contributed by atoms with Gasteiger partial charge in [0.1, 0.15) is 11.6 Å². The highest BCUT2D eigenvalue weighted by Crippen LogP contribution is 2.32. The van der Waals surface area contributed by atoms with Crippen LogP contribution in [0.25, 0.3) is 22.6 Å². The van der Waals surface area contributed by atoms with E-state index < -0.39 is 5.91 Å². The molecule has 0 saturated heterocycles. The van der Waals surface area contributed by atoms with Gasteiger partial charge in [-0.1, -0.05) is 26.0 Å². The van der Waals surface area contributed by atoms with Gasteiger partial charge in [0.05, 0.1) is 17.5 Å². The van der Waals surface area contributed by atoms with Crippen molar-refractivity contribution >= 4 is 23.3 Å². The van der Waals surface area contributed by atoms with E-state index in [4.69, 9.17) is 16.0 Å². The molecule has 2 amide bonds. The third kappa shape index (κ3) is 4.54. The number of carbonyl (C=O) groups is 2. The molecule has 0 aliphatic carbocycles. The van der Waals surface area contributed by atoms with Gasteiger partial charge in [0.2, 0.25) is 5.91 Å². The minimum Gasteiger partial charge on any atom is -0.464 e. The number of rotatable bonds is 4. The summed E-state index contributed by atoms with van der Waals surface area (Å²) in [5.41, 5.74) is 10.7. The number of benzene rings is 1. The van der Waals surface area contributed by atoms with Crippen molar-refractivity contribution in [3.05, 3.63) is 54.3 Å². The zero-order chi connectivity index (χ0) is 20.7. The number of nitrogens with zero attached hydrogens (tertiary/aromatic N) is 1. The van der Waals surface area contributed by atoms with Crippen LogP contribution in [0.3, 0.4) is 0 Å². The average molecular weight is 381 g/mol. The molecule has 1 aromatic carbocycles. The molecule has 0 unspecified atom stereocenters. The van der Waals surface area contributed by atoms with Crippen molar-refractivity contribution in [3.8, 4) is 22.6 Å². The number of furan rings is 1. The Bertz CT molecular complexity index is 951. The van der Waals surface area contributed by atoms with Crippen LogP contribution in [0, 0.1) is 0 Å². The van der Waals surface area contributed by atoms with E-state index in [1.54, 1.807) is 42.5 Å². The Morgan fingerprint density at radius 3 is 2.32 bits per heavy atom. The van der Waals surface area contributed by atoms with Crippen LogP contribution < -0.4 is 22.3 Å². The molecule has 3 rings (SSSR count).